The normalized spacial score (nSPS) is 23.3. The molecule has 1 aliphatic carbocycles. The molecule has 1 saturated carbocycles. The van der Waals surface area contributed by atoms with Gasteiger partial charge in [-0.2, -0.15) is 0 Å². The highest BCUT2D eigenvalue weighted by molar-refractivity contribution is 5.83. The Morgan fingerprint density at radius 1 is 1.26 bits per heavy atom. The summed E-state index contributed by atoms with van der Waals surface area (Å²) in [7, 11) is 4.10. The largest absolute Gasteiger partial charge is 0.354 e. The van der Waals surface area contributed by atoms with Crippen LogP contribution in [0.25, 0.3) is 0 Å². The van der Waals surface area contributed by atoms with Crippen molar-refractivity contribution < 1.29 is 4.79 Å². The molecule has 0 saturated heterocycles. The number of rotatable bonds is 6. The van der Waals surface area contributed by atoms with E-state index in [0.717, 1.165) is 0 Å². The Morgan fingerprint density at radius 2 is 1.87 bits per heavy atom. The molecular weight excluding hydrogens is 284 g/mol. The van der Waals surface area contributed by atoms with Crippen LogP contribution in [0.1, 0.15) is 39.3 Å². The zero-order valence-corrected chi connectivity index (χ0v) is 15.3. The van der Waals surface area contributed by atoms with Gasteiger partial charge in [0.25, 0.3) is 0 Å². The van der Waals surface area contributed by atoms with Crippen LogP contribution >= 0.6 is 0 Å². The number of likely N-dealkylation sites (N-methyl/N-ethyl adjacent to an activating group) is 1. The van der Waals surface area contributed by atoms with E-state index in [9.17, 15) is 4.79 Å². The molecule has 2 rings (SSSR count). The number of nitrogens with zero attached hydrogens (tertiary/aromatic N) is 1. The van der Waals surface area contributed by atoms with Crippen molar-refractivity contribution in [3.63, 3.8) is 0 Å². The van der Waals surface area contributed by atoms with Gasteiger partial charge in [0, 0.05) is 6.54 Å². The van der Waals surface area contributed by atoms with Crippen LogP contribution in [0.4, 0.5) is 0 Å². The lowest BCUT2D eigenvalue weighted by Gasteiger charge is -2.25. The van der Waals surface area contributed by atoms with Gasteiger partial charge in [0.15, 0.2) is 0 Å². The van der Waals surface area contributed by atoms with E-state index in [1.807, 2.05) is 18.2 Å². The van der Waals surface area contributed by atoms with Gasteiger partial charge < -0.3 is 10.2 Å². The van der Waals surface area contributed by atoms with E-state index in [-0.39, 0.29) is 23.3 Å². The zero-order valence-electron chi connectivity index (χ0n) is 15.3. The van der Waals surface area contributed by atoms with E-state index in [1.54, 1.807) is 0 Å². The van der Waals surface area contributed by atoms with Crippen molar-refractivity contribution in [2.24, 2.45) is 17.3 Å². The molecule has 0 aromatic heterocycles. The summed E-state index contributed by atoms with van der Waals surface area (Å²) in [6.45, 7) is 9.20. The standard InChI is InChI=1S/C20H30N2O/c1-14(2)12-16-18(20(16,3)4)19(23)21-13-17(22(5)6)15-10-8-7-9-11-15/h7-12,16-18H,13H2,1-6H3,(H,21,23)/t16-,17+,18-/m1/s1. The van der Waals surface area contributed by atoms with E-state index in [4.69, 9.17) is 0 Å². The second-order valence-corrected chi connectivity index (χ2v) is 7.70. The maximum absolute atomic E-state index is 12.6. The van der Waals surface area contributed by atoms with Gasteiger partial charge in [-0.25, -0.2) is 0 Å². The van der Waals surface area contributed by atoms with Crippen molar-refractivity contribution in [2.75, 3.05) is 20.6 Å². The summed E-state index contributed by atoms with van der Waals surface area (Å²) >= 11 is 0. The third kappa shape index (κ3) is 4.03. The first-order valence-electron chi connectivity index (χ1n) is 8.39. The average molecular weight is 314 g/mol. The van der Waals surface area contributed by atoms with Crippen molar-refractivity contribution in [1.29, 1.82) is 0 Å². The number of carbonyl (C=O) groups excluding carboxylic acids is 1. The van der Waals surface area contributed by atoms with Crippen LogP contribution in [0.5, 0.6) is 0 Å². The van der Waals surface area contributed by atoms with E-state index in [1.165, 1.54) is 11.1 Å². The van der Waals surface area contributed by atoms with Crippen LogP contribution < -0.4 is 5.32 Å². The molecule has 1 N–H and O–H groups in total. The SMILES string of the molecule is CC(C)=C[C@@H]1[C@H](C(=O)NC[C@@H](c2ccccc2)N(C)C)C1(C)C. The molecule has 1 aliphatic rings. The molecule has 0 radical (unpaired) electrons. The summed E-state index contributed by atoms with van der Waals surface area (Å²) in [6.07, 6.45) is 2.24. The fraction of sp³-hybridized carbons (Fsp3) is 0.550. The second-order valence-electron chi connectivity index (χ2n) is 7.70. The number of allylic oxidation sites excluding steroid dienone is 2. The van der Waals surface area contributed by atoms with Gasteiger partial charge in [0.1, 0.15) is 0 Å². The number of hydrogen-bond acceptors (Lipinski definition) is 2. The molecule has 0 bridgehead atoms. The third-order valence-electron chi connectivity index (χ3n) is 4.98. The van der Waals surface area contributed by atoms with Crippen molar-refractivity contribution in [2.45, 2.75) is 33.7 Å². The van der Waals surface area contributed by atoms with Gasteiger partial charge in [-0.15, -0.1) is 0 Å². The maximum Gasteiger partial charge on any atom is 0.224 e. The predicted molar refractivity (Wildman–Crippen MR) is 96.1 cm³/mol. The minimum absolute atomic E-state index is 0.0711. The lowest BCUT2D eigenvalue weighted by molar-refractivity contribution is -0.123. The summed E-state index contributed by atoms with van der Waals surface area (Å²) in [5, 5.41) is 3.17. The number of hydrogen-bond donors (Lipinski definition) is 1. The van der Waals surface area contributed by atoms with Gasteiger partial charge in [-0.1, -0.05) is 55.8 Å². The third-order valence-corrected chi connectivity index (χ3v) is 4.98. The van der Waals surface area contributed by atoms with Gasteiger partial charge in [0.2, 0.25) is 5.91 Å². The molecule has 0 aliphatic heterocycles. The molecule has 3 heteroatoms. The first kappa shape index (κ1) is 17.7. The lowest BCUT2D eigenvalue weighted by Crippen LogP contribution is -2.36. The first-order chi connectivity index (χ1) is 10.7. The number of amides is 1. The number of nitrogens with one attached hydrogen (secondary N) is 1. The lowest BCUT2D eigenvalue weighted by atomic mass is 10.1. The van der Waals surface area contributed by atoms with Crippen LogP contribution in [0.3, 0.4) is 0 Å². The Morgan fingerprint density at radius 3 is 2.39 bits per heavy atom. The molecule has 1 fully saturated rings. The molecule has 23 heavy (non-hydrogen) atoms. The minimum atomic E-state index is 0.0711. The van der Waals surface area contributed by atoms with Crippen molar-refractivity contribution in [1.82, 2.24) is 10.2 Å². The van der Waals surface area contributed by atoms with Gasteiger partial charge in [0.05, 0.1) is 12.0 Å². The number of benzene rings is 1. The molecule has 1 amide bonds. The average Bonchev–Trinajstić information content (AvgIpc) is 2.99. The Kier molecular flexibility index (Phi) is 5.30. The van der Waals surface area contributed by atoms with Gasteiger partial charge in [-0.05, 0) is 44.8 Å². The summed E-state index contributed by atoms with van der Waals surface area (Å²) in [6, 6.07) is 10.5. The van der Waals surface area contributed by atoms with Gasteiger partial charge >= 0.3 is 0 Å². The smallest absolute Gasteiger partial charge is 0.224 e. The fourth-order valence-electron chi connectivity index (χ4n) is 3.43. The molecule has 0 heterocycles. The Labute approximate surface area is 140 Å². The Bertz CT molecular complexity index is 571. The number of carbonyl (C=O) groups is 1. The molecular formula is C20H30N2O. The molecule has 0 unspecified atom stereocenters. The highest BCUT2D eigenvalue weighted by atomic mass is 16.2. The summed E-state index contributed by atoms with van der Waals surface area (Å²) in [4.78, 5) is 14.8. The Balaban J connectivity index is 1.99. The summed E-state index contributed by atoms with van der Waals surface area (Å²) in [5.41, 5.74) is 2.59. The van der Waals surface area contributed by atoms with Crippen molar-refractivity contribution in [3.05, 3.63) is 47.5 Å². The van der Waals surface area contributed by atoms with E-state index < -0.39 is 0 Å². The van der Waals surface area contributed by atoms with E-state index >= 15 is 0 Å². The maximum atomic E-state index is 12.6. The summed E-state index contributed by atoms with van der Waals surface area (Å²) < 4.78 is 0. The topological polar surface area (TPSA) is 32.3 Å². The summed E-state index contributed by atoms with van der Waals surface area (Å²) in [5.74, 6) is 0.637. The van der Waals surface area contributed by atoms with Crippen LogP contribution in [0.2, 0.25) is 0 Å². The van der Waals surface area contributed by atoms with Crippen LogP contribution in [0.15, 0.2) is 42.0 Å². The first-order valence-corrected chi connectivity index (χ1v) is 8.39. The molecule has 3 nitrogen and oxygen atoms in total. The highest BCUT2D eigenvalue weighted by Crippen LogP contribution is 2.59. The van der Waals surface area contributed by atoms with Crippen LogP contribution in [-0.4, -0.2) is 31.4 Å². The van der Waals surface area contributed by atoms with Crippen molar-refractivity contribution in [3.8, 4) is 0 Å². The molecule has 1 aromatic rings. The fourth-order valence-corrected chi connectivity index (χ4v) is 3.43. The highest BCUT2D eigenvalue weighted by Gasteiger charge is 2.60. The quantitative estimate of drug-likeness (QED) is 0.813. The second kappa shape index (κ2) is 6.88. The van der Waals surface area contributed by atoms with Crippen LogP contribution in [0, 0.1) is 17.3 Å². The molecule has 126 valence electrons. The minimum Gasteiger partial charge on any atom is -0.354 e. The van der Waals surface area contributed by atoms with Crippen LogP contribution in [-0.2, 0) is 4.79 Å². The molecule has 0 spiro atoms. The van der Waals surface area contributed by atoms with E-state index in [2.05, 4.69) is 70.2 Å². The zero-order chi connectivity index (χ0) is 17.2. The predicted octanol–water partition coefficient (Wildman–Crippen LogP) is 3.64. The van der Waals surface area contributed by atoms with Crippen molar-refractivity contribution >= 4 is 5.91 Å². The molecule has 1 aromatic carbocycles. The van der Waals surface area contributed by atoms with Gasteiger partial charge in [-0.3, -0.25) is 4.79 Å². The monoisotopic (exact) mass is 314 g/mol. The Hall–Kier alpha value is -1.61. The van der Waals surface area contributed by atoms with E-state index in [0.29, 0.717) is 12.5 Å². The molecule has 3 atom stereocenters.